The van der Waals surface area contributed by atoms with Crippen LogP contribution in [-0.4, -0.2) is 14.5 Å². The number of anilines is 1. The molecule has 7 heteroatoms. The molecule has 1 aliphatic rings. The smallest absolute Gasteiger partial charge is 0.242 e. The molecule has 118 valence electrons. The molecule has 0 saturated heterocycles. The maximum absolute atomic E-state index is 13.4. The SMILES string of the molecule is CCC1CCCCC1NS(=O)(=O)c1cc(N)c(F)cc1Br. The number of nitrogens with one attached hydrogen (secondary N) is 1. The Morgan fingerprint density at radius 1 is 1.38 bits per heavy atom. The van der Waals surface area contributed by atoms with E-state index in [1.165, 1.54) is 0 Å². The Kier molecular flexibility index (Phi) is 5.27. The first-order valence-corrected chi connectivity index (χ1v) is 9.39. The minimum atomic E-state index is -3.72. The van der Waals surface area contributed by atoms with Crippen molar-refractivity contribution in [3.63, 3.8) is 0 Å². The van der Waals surface area contributed by atoms with Crippen molar-refractivity contribution < 1.29 is 12.8 Å². The molecule has 1 fully saturated rings. The van der Waals surface area contributed by atoms with Gasteiger partial charge in [-0.1, -0.05) is 26.2 Å². The van der Waals surface area contributed by atoms with Crippen LogP contribution in [0.15, 0.2) is 21.5 Å². The lowest BCUT2D eigenvalue weighted by atomic mass is 9.83. The van der Waals surface area contributed by atoms with Gasteiger partial charge in [0, 0.05) is 10.5 Å². The van der Waals surface area contributed by atoms with Gasteiger partial charge in [-0.25, -0.2) is 17.5 Å². The molecular formula is C14H20BrFN2O2S. The molecule has 0 amide bonds. The van der Waals surface area contributed by atoms with Gasteiger partial charge >= 0.3 is 0 Å². The molecule has 1 aromatic carbocycles. The Morgan fingerprint density at radius 2 is 2.05 bits per heavy atom. The van der Waals surface area contributed by atoms with Crippen LogP contribution in [0.1, 0.15) is 39.0 Å². The van der Waals surface area contributed by atoms with Crippen LogP contribution in [0.5, 0.6) is 0 Å². The highest BCUT2D eigenvalue weighted by Crippen LogP contribution is 2.30. The van der Waals surface area contributed by atoms with Crippen molar-refractivity contribution in [3.05, 3.63) is 22.4 Å². The van der Waals surface area contributed by atoms with E-state index in [9.17, 15) is 12.8 Å². The molecule has 2 rings (SSSR count). The molecule has 0 aliphatic heterocycles. The van der Waals surface area contributed by atoms with Crippen molar-refractivity contribution in [3.8, 4) is 0 Å². The van der Waals surface area contributed by atoms with E-state index in [1.54, 1.807) is 0 Å². The molecule has 21 heavy (non-hydrogen) atoms. The summed E-state index contributed by atoms with van der Waals surface area (Å²) in [6, 6.07) is 2.18. The highest BCUT2D eigenvalue weighted by atomic mass is 79.9. The summed E-state index contributed by atoms with van der Waals surface area (Å²) in [7, 11) is -3.72. The fourth-order valence-corrected chi connectivity index (χ4v) is 5.25. The summed E-state index contributed by atoms with van der Waals surface area (Å²) in [6.45, 7) is 2.07. The van der Waals surface area contributed by atoms with Crippen molar-refractivity contribution in [2.75, 3.05) is 5.73 Å². The number of hydrogen-bond donors (Lipinski definition) is 2. The molecule has 0 heterocycles. The van der Waals surface area contributed by atoms with Crippen LogP contribution >= 0.6 is 15.9 Å². The molecule has 1 aromatic rings. The summed E-state index contributed by atoms with van der Waals surface area (Å²) >= 11 is 3.10. The Bertz CT molecular complexity index is 622. The average Bonchev–Trinajstić information content (AvgIpc) is 2.43. The predicted molar refractivity (Wildman–Crippen MR) is 84.9 cm³/mol. The summed E-state index contributed by atoms with van der Waals surface area (Å²) in [5.74, 6) is -0.282. The van der Waals surface area contributed by atoms with Crippen LogP contribution in [0.25, 0.3) is 0 Å². The summed E-state index contributed by atoms with van der Waals surface area (Å²) < 4.78 is 41.4. The van der Waals surface area contributed by atoms with Gasteiger partial charge in [-0.2, -0.15) is 0 Å². The summed E-state index contributed by atoms with van der Waals surface area (Å²) in [6.07, 6.45) is 4.99. The molecule has 3 N–H and O–H groups in total. The number of nitrogens with two attached hydrogens (primary N) is 1. The van der Waals surface area contributed by atoms with Gasteiger partial charge in [-0.05, 0) is 46.8 Å². The number of hydrogen-bond acceptors (Lipinski definition) is 3. The minimum Gasteiger partial charge on any atom is -0.396 e. The molecule has 2 atom stereocenters. The van der Waals surface area contributed by atoms with Crippen molar-refractivity contribution in [2.45, 2.75) is 50.0 Å². The summed E-state index contributed by atoms with van der Waals surface area (Å²) in [5.41, 5.74) is 5.31. The molecule has 0 aromatic heterocycles. The Hall–Kier alpha value is -0.660. The number of rotatable bonds is 4. The fraction of sp³-hybridized carbons (Fsp3) is 0.571. The number of sulfonamides is 1. The molecule has 0 radical (unpaired) electrons. The van der Waals surface area contributed by atoms with Gasteiger partial charge in [0.15, 0.2) is 0 Å². The zero-order valence-electron chi connectivity index (χ0n) is 11.9. The Morgan fingerprint density at radius 3 is 2.71 bits per heavy atom. The normalized spacial score (nSPS) is 23.2. The van der Waals surface area contributed by atoms with E-state index in [2.05, 4.69) is 27.6 Å². The third-order valence-electron chi connectivity index (χ3n) is 4.08. The van der Waals surface area contributed by atoms with Gasteiger partial charge in [-0.3, -0.25) is 0 Å². The molecular weight excluding hydrogens is 359 g/mol. The summed E-state index contributed by atoms with van der Waals surface area (Å²) in [5, 5.41) is 0. The van der Waals surface area contributed by atoms with Crippen LogP contribution in [0, 0.1) is 11.7 Å². The zero-order chi connectivity index (χ0) is 15.6. The van der Waals surface area contributed by atoms with E-state index >= 15 is 0 Å². The molecule has 2 unspecified atom stereocenters. The van der Waals surface area contributed by atoms with Gasteiger partial charge in [0.2, 0.25) is 10.0 Å². The van der Waals surface area contributed by atoms with Crippen molar-refractivity contribution in [1.29, 1.82) is 0 Å². The van der Waals surface area contributed by atoms with Crippen LogP contribution in [-0.2, 0) is 10.0 Å². The molecule has 1 aliphatic carbocycles. The Balaban J connectivity index is 2.28. The average molecular weight is 379 g/mol. The van der Waals surface area contributed by atoms with Crippen LogP contribution in [0.2, 0.25) is 0 Å². The maximum atomic E-state index is 13.4. The minimum absolute atomic E-state index is 0.0122. The largest absolute Gasteiger partial charge is 0.396 e. The predicted octanol–water partition coefficient (Wildman–Crippen LogP) is 3.42. The van der Waals surface area contributed by atoms with E-state index in [4.69, 9.17) is 5.73 Å². The second-order valence-corrected chi connectivity index (χ2v) is 8.02. The van der Waals surface area contributed by atoms with Gasteiger partial charge in [0.1, 0.15) is 5.82 Å². The molecule has 1 saturated carbocycles. The van der Waals surface area contributed by atoms with Crippen molar-refractivity contribution in [1.82, 2.24) is 4.72 Å². The topological polar surface area (TPSA) is 72.2 Å². The fourth-order valence-electron chi connectivity index (χ4n) is 2.87. The quantitative estimate of drug-likeness (QED) is 0.788. The first-order chi connectivity index (χ1) is 9.85. The zero-order valence-corrected chi connectivity index (χ0v) is 14.3. The monoisotopic (exact) mass is 378 g/mol. The second kappa shape index (κ2) is 6.62. The van der Waals surface area contributed by atoms with Crippen LogP contribution < -0.4 is 10.5 Å². The van der Waals surface area contributed by atoms with E-state index < -0.39 is 15.8 Å². The van der Waals surface area contributed by atoms with Crippen LogP contribution in [0.3, 0.4) is 0 Å². The number of nitrogen functional groups attached to an aromatic ring is 1. The van der Waals surface area contributed by atoms with Crippen LogP contribution in [0.4, 0.5) is 10.1 Å². The lowest BCUT2D eigenvalue weighted by molar-refractivity contribution is 0.282. The first-order valence-electron chi connectivity index (χ1n) is 7.12. The summed E-state index contributed by atoms with van der Waals surface area (Å²) in [4.78, 5) is -0.0122. The van der Waals surface area contributed by atoms with Gasteiger partial charge in [0.05, 0.1) is 10.6 Å². The second-order valence-electron chi connectivity index (χ2n) is 5.48. The molecule has 0 bridgehead atoms. The van der Waals surface area contributed by atoms with E-state index in [0.29, 0.717) is 5.92 Å². The lowest BCUT2D eigenvalue weighted by Gasteiger charge is -2.31. The lowest BCUT2D eigenvalue weighted by Crippen LogP contribution is -2.41. The maximum Gasteiger partial charge on any atom is 0.242 e. The van der Waals surface area contributed by atoms with Gasteiger partial charge < -0.3 is 5.73 Å². The van der Waals surface area contributed by atoms with E-state index in [-0.39, 0.29) is 21.1 Å². The highest BCUT2D eigenvalue weighted by molar-refractivity contribution is 9.10. The number of halogens is 2. The van der Waals surface area contributed by atoms with Gasteiger partial charge in [0.25, 0.3) is 0 Å². The molecule has 0 spiro atoms. The van der Waals surface area contributed by atoms with E-state index in [0.717, 1.165) is 44.2 Å². The highest BCUT2D eigenvalue weighted by Gasteiger charge is 2.29. The van der Waals surface area contributed by atoms with Crippen molar-refractivity contribution >= 4 is 31.6 Å². The van der Waals surface area contributed by atoms with Gasteiger partial charge in [-0.15, -0.1) is 0 Å². The standard InChI is InChI=1S/C14H20BrFN2O2S/c1-2-9-5-3-4-6-13(9)18-21(19,20)14-8-12(17)11(16)7-10(14)15/h7-9,13,18H,2-6,17H2,1H3. The first kappa shape index (κ1) is 16.7. The number of benzene rings is 1. The molecule has 4 nitrogen and oxygen atoms in total. The third kappa shape index (κ3) is 3.76. The third-order valence-corrected chi connectivity index (χ3v) is 6.53. The van der Waals surface area contributed by atoms with E-state index in [1.807, 2.05) is 0 Å². The van der Waals surface area contributed by atoms with Crippen molar-refractivity contribution in [2.24, 2.45) is 5.92 Å². The Labute approximate surface area is 133 Å².